The summed E-state index contributed by atoms with van der Waals surface area (Å²) < 4.78 is 33.3. The minimum atomic E-state index is -0.449. The Kier molecular flexibility index (Phi) is 13.4. The van der Waals surface area contributed by atoms with Crippen molar-refractivity contribution in [3.8, 4) is 0 Å². The standard InChI is InChI=1S/C39H44O6/c40-25-15-5-14-24-35-37(42-27-32-18-8-2-9-19-32)39(44-29-34-22-12-4-13-23-34)38(43-28-33-20-10-3-11-21-33)36(45-35)30-41-26-31-16-6-1-7-17-31/h1-13,15-23,35-40H,14,24-30H2/b15-5+/t35-,36?,37?,38+,39-/m1/s1. The molecule has 4 aromatic carbocycles. The Morgan fingerprint density at radius 1 is 0.511 bits per heavy atom. The molecule has 4 aromatic rings. The molecule has 1 N–H and O–H groups in total. The summed E-state index contributed by atoms with van der Waals surface area (Å²) in [5, 5.41) is 9.31. The quantitative estimate of drug-likeness (QED) is 0.130. The summed E-state index contributed by atoms with van der Waals surface area (Å²) in [7, 11) is 0. The van der Waals surface area contributed by atoms with Crippen molar-refractivity contribution in [2.75, 3.05) is 13.2 Å². The number of aliphatic hydroxyl groups is 1. The average molecular weight is 609 g/mol. The van der Waals surface area contributed by atoms with Crippen molar-refractivity contribution >= 4 is 0 Å². The topological polar surface area (TPSA) is 66.4 Å². The molecule has 1 fully saturated rings. The molecule has 0 aromatic heterocycles. The molecule has 0 spiro atoms. The first-order chi connectivity index (χ1) is 22.3. The fourth-order valence-electron chi connectivity index (χ4n) is 5.57. The van der Waals surface area contributed by atoms with Crippen LogP contribution in [-0.2, 0) is 50.1 Å². The van der Waals surface area contributed by atoms with E-state index in [-0.39, 0.29) is 18.8 Å². The summed E-state index contributed by atoms with van der Waals surface area (Å²) in [5.74, 6) is 0. The maximum Gasteiger partial charge on any atom is 0.115 e. The lowest BCUT2D eigenvalue weighted by molar-refractivity contribution is -0.273. The molecule has 0 saturated carbocycles. The van der Waals surface area contributed by atoms with E-state index in [2.05, 4.69) is 48.5 Å². The molecule has 45 heavy (non-hydrogen) atoms. The van der Waals surface area contributed by atoms with Gasteiger partial charge in [-0.05, 0) is 35.1 Å². The van der Waals surface area contributed by atoms with Crippen LogP contribution in [-0.4, -0.2) is 48.8 Å². The van der Waals surface area contributed by atoms with Crippen LogP contribution in [0.4, 0.5) is 0 Å². The fraction of sp³-hybridized carbons (Fsp3) is 0.333. The number of hydrogen-bond acceptors (Lipinski definition) is 6. The molecule has 6 nitrogen and oxygen atoms in total. The van der Waals surface area contributed by atoms with Gasteiger partial charge in [-0.25, -0.2) is 0 Å². The maximum absolute atomic E-state index is 9.31. The highest BCUT2D eigenvalue weighted by molar-refractivity contribution is 5.16. The van der Waals surface area contributed by atoms with Crippen LogP contribution in [0.15, 0.2) is 133 Å². The summed E-state index contributed by atoms with van der Waals surface area (Å²) >= 11 is 0. The second-order valence-corrected chi connectivity index (χ2v) is 11.2. The summed E-state index contributed by atoms with van der Waals surface area (Å²) in [6.45, 7) is 2.06. The van der Waals surface area contributed by atoms with E-state index in [0.29, 0.717) is 39.5 Å². The van der Waals surface area contributed by atoms with Gasteiger partial charge in [-0.15, -0.1) is 0 Å². The predicted octanol–water partition coefficient (Wildman–Crippen LogP) is 7.06. The number of aliphatic hydroxyl groups excluding tert-OH is 1. The molecule has 6 heteroatoms. The van der Waals surface area contributed by atoms with Crippen molar-refractivity contribution < 1.29 is 28.8 Å². The Morgan fingerprint density at radius 3 is 1.40 bits per heavy atom. The highest BCUT2D eigenvalue weighted by Gasteiger charge is 2.48. The molecule has 1 saturated heterocycles. The van der Waals surface area contributed by atoms with Crippen molar-refractivity contribution in [2.24, 2.45) is 0 Å². The average Bonchev–Trinajstić information content (AvgIpc) is 3.10. The van der Waals surface area contributed by atoms with Gasteiger partial charge >= 0.3 is 0 Å². The van der Waals surface area contributed by atoms with Gasteiger partial charge < -0.3 is 28.8 Å². The third-order valence-electron chi connectivity index (χ3n) is 7.87. The van der Waals surface area contributed by atoms with Gasteiger partial charge in [-0.2, -0.15) is 0 Å². The van der Waals surface area contributed by atoms with Gasteiger partial charge in [0.25, 0.3) is 0 Å². The summed E-state index contributed by atoms with van der Waals surface area (Å²) in [6, 6.07) is 40.6. The second kappa shape index (κ2) is 18.4. The lowest BCUT2D eigenvalue weighted by Gasteiger charge is -2.46. The Labute approximate surface area is 267 Å². The molecule has 5 atom stereocenters. The van der Waals surface area contributed by atoms with Crippen molar-refractivity contribution in [3.63, 3.8) is 0 Å². The van der Waals surface area contributed by atoms with Gasteiger partial charge in [0.15, 0.2) is 0 Å². The van der Waals surface area contributed by atoms with Crippen LogP contribution in [0.5, 0.6) is 0 Å². The smallest absolute Gasteiger partial charge is 0.115 e. The zero-order valence-corrected chi connectivity index (χ0v) is 25.7. The van der Waals surface area contributed by atoms with Crippen LogP contribution in [0.25, 0.3) is 0 Å². The van der Waals surface area contributed by atoms with Crippen molar-refractivity contribution in [1.29, 1.82) is 0 Å². The maximum atomic E-state index is 9.31. The molecular weight excluding hydrogens is 564 g/mol. The van der Waals surface area contributed by atoms with E-state index < -0.39 is 18.3 Å². The SMILES string of the molecule is OC/C=C/CC[C@H]1OC(COCc2ccccc2)[C@H](OCc2ccccc2)[C@H](OCc2ccccc2)C1OCc1ccccc1. The Morgan fingerprint density at radius 2 is 0.933 bits per heavy atom. The summed E-state index contributed by atoms with van der Waals surface area (Å²) in [5.41, 5.74) is 4.32. The summed E-state index contributed by atoms with van der Waals surface area (Å²) in [4.78, 5) is 0. The first kappa shape index (κ1) is 32.8. The lowest BCUT2D eigenvalue weighted by atomic mass is 9.91. The highest BCUT2D eigenvalue weighted by Crippen LogP contribution is 2.33. The first-order valence-corrected chi connectivity index (χ1v) is 15.8. The minimum Gasteiger partial charge on any atom is -0.392 e. The third kappa shape index (κ3) is 10.5. The third-order valence-corrected chi connectivity index (χ3v) is 7.87. The molecule has 5 rings (SSSR count). The van der Waals surface area contributed by atoms with Crippen LogP contribution in [0.3, 0.4) is 0 Å². The Hall–Kier alpha value is -3.62. The van der Waals surface area contributed by atoms with Gasteiger partial charge in [0.2, 0.25) is 0 Å². The van der Waals surface area contributed by atoms with Crippen LogP contribution < -0.4 is 0 Å². The minimum absolute atomic E-state index is 0.00756. The normalized spacial score (nSPS) is 21.7. The van der Waals surface area contributed by atoms with E-state index in [1.807, 2.05) is 78.9 Å². The van der Waals surface area contributed by atoms with Crippen molar-refractivity contribution in [1.82, 2.24) is 0 Å². The van der Waals surface area contributed by atoms with E-state index in [4.69, 9.17) is 23.7 Å². The molecule has 0 bridgehead atoms. The molecule has 2 unspecified atom stereocenters. The molecule has 1 aliphatic rings. The number of rotatable bonds is 17. The van der Waals surface area contributed by atoms with Crippen molar-refractivity contribution in [3.05, 3.63) is 156 Å². The Bertz CT molecular complexity index is 1370. The molecule has 0 amide bonds. The van der Waals surface area contributed by atoms with Gasteiger partial charge in [0, 0.05) is 0 Å². The fourth-order valence-corrected chi connectivity index (χ4v) is 5.57. The van der Waals surface area contributed by atoms with Crippen molar-refractivity contribution in [2.45, 2.75) is 69.8 Å². The van der Waals surface area contributed by atoms with Crippen LogP contribution in [0.2, 0.25) is 0 Å². The van der Waals surface area contributed by atoms with E-state index >= 15 is 0 Å². The van der Waals surface area contributed by atoms with Gasteiger partial charge in [-0.1, -0.05) is 133 Å². The molecule has 0 radical (unpaired) electrons. The van der Waals surface area contributed by atoms with Crippen LogP contribution >= 0.6 is 0 Å². The monoisotopic (exact) mass is 608 g/mol. The van der Waals surface area contributed by atoms with E-state index in [1.54, 1.807) is 6.08 Å². The molecule has 1 aliphatic heterocycles. The molecule has 236 valence electrons. The van der Waals surface area contributed by atoms with E-state index in [0.717, 1.165) is 28.7 Å². The van der Waals surface area contributed by atoms with Crippen LogP contribution in [0.1, 0.15) is 35.1 Å². The molecule has 1 heterocycles. The number of ether oxygens (including phenoxy) is 5. The van der Waals surface area contributed by atoms with Crippen LogP contribution in [0, 0.1) is 0 Å². The van der Waals surface area contributed by atoms with E-state index in [1.165, 1.54) is 0 Å². The van der Waals surface area contributed by atoms with Gasteiger partial charge in [0.05, 0.1) is 45.7 Å². The largest absolute Gasteiger partial charge is 0.392 e. The molecule has 0 aliphatic carbocycles. The zero-order chi connectivity index (χ0) is 30.9. The number of benzene rings is 4. The highest BCUT2D eigenvalue weighted by atomic mass is 16.6. The first-order valence-electron chi connectivity index (χ1n) is 15.8. The lowest BCUT2D eigenvalue weighted by Crippen LogP contribution is -2.61. The number of hydrogen-bond donors (Lipinski definition) is 1. The van der Waals surface area contributed by atoms with E-state index in [9.17, 15) is 5.11 Å². The second-order valence-electron chi connectivity index (χ2n) is 11.2. The van der Waals surface area contributed by atoms with Gasteiger partial charge in [-0.3, -0.25) is 0 Å². The number of allylic oxidation sites excluding steroid dienone is 1. The predicted molar refractivity (Wildman–Crippen MR) is 175 cm³/mol. The molecular formula is C39H44O6. The summed E-state index contributed by atoms with van der Waals surface area (Å²) in [6.07, 6.45) is 3.23. The zero-order valence-electron chi connectivity index (χ0n) is 25.7. The Balaban J connectivity index is 1.42. The van der Waals surface area contributed by atoms with Gasteiger partial charge in [0.1, 0.15) is 24.4 Å².